The lowest BCUT2D eigenvalue weighted by atomic mass is 10.3. The second-order valence-electron chi connectivity index (χ2n) is 3.41. The van der Waals surface area contributed by atoms with Gasteiger partial charge in [-0.25, -0.2) is 0 Å². The normalized spacial score (nSPS) is 10.7. The maximum Gasteiger partial charge on any atom is 0.184 e. The summed E-state index contributed by atoms with van der Waals surface area (Å²) in [6.07, 6.45) is 0. The van der Waals surface area contributed by atoms with Crippen LogP contribution in [0.3, 0.4) is 0 Å². The number of aromatic carboxylic acids is 1. The second kappa shape index (κ2) is 3.79. The van der Waals surface area contributed by atoms with Gasteiger partial charge in [-0.3, -0.25) is 0 Å². The summed E-state index contributed by atoms with van der Waals surface area (Å²) in [6.45, 7) is 1.80. The van der Waals surface area contributed by atoms with Crippen molar-refractivity contribution in [1.29, 1.82) is 0 Å². The minimum Gasteiger partial charge on any atom is -0.543 e. The molecule has 16 heavy (non-hydrogen) atoms. The number of carboxylic acid groups (broad SMARTS) is 1. The van der Waals surface area contributed by atoms with Crippen molar-refractivity contribution in [2.24, 2.45) is 7.05 Å². The molecule has 2 aromatic heterocycles. The Kier molecular flexibility index (Phi) is 2.59. The molecule has 0 radical (unpaired) electrons. The molecule has 0 aliphatic rings. The van der Waals surface area contributed by atoms with Gasteiger partial charge in [-0.2, -0.15) is 0 Å². The molecular weight excluding hydrogens is 276 g/mol. The molecule has 5 nitrogen and oxygen atoms in total. The lowest BCUT2D eigenvalue weighted by Gasteiger charge is -2.05. The van der Waals surface area contributed by atoms with Crippen LogP contribution in [0.1, 0.15) is 16.2 Å². The van der Waals surface area contributed by atoms with Gasteiger partial charge in [0.1, 0.15) is 5.69 Å². The highest BCUT2D eigenvalue weighted by molar-refractivity contribution is 9.10. The van der Waals surface area contributed by atoms with Crippen LogP contribution in [-0.2, 0) is 7.05 Å². The molecule has 84 valence electrons. The highest BCUT2D eigenvalue weighted by Gasteiger charge is 2.16. The van der Waals surface area contributed by atoms with Crippen LogP contribution in [0.2, 0.25) is 0 Å². The van der Waals surface area contributed by atoms with Crippen molar-refractivity contribution < 1.29 is 14.4 Å². The van der Waals surface area contributed by atoms with Gasteiger partial charge in [-0.05, 0) is 28.9 Å². The lowest BCUT2D eigenvalue weighted by molar-refractivity contribution is -0.255. The van der Waals surface area contributed by atoms with Gasteiger partial charge >= 0.3 is 0 Å². The molecule has 0 saturated carbocycles. The number of carbonyl (C=O) groups is 1. The number of carboxylic acids is 1. The fourth-order valence-electron chi connectivity index (χ4n) is 1.52. The van der Waals surface area contributed by atoms with Crippen LogP contribution < -0.4 is 5.11 Å². The van der Waals surface area contributed by atoms with E-state index in [1.54, 1.807) is 20.0 Å². The van der Waals surface area contributed by atoms with Gasteiger partial charge in [0, 0.05) is 17.6 Å². The van der Waals surface area contributed by atoms with Crippen LogP contribution in [0.5, 0.6) is 0 Å². The third kappa shape index (κ3) is 1.65. The van der Waals surface area contributed by atoms with E-state index in [1.807, 2.05) is 0 Å². The zero-order chi connectivity index (χ0) is 11.9. The first kappa shape index (κ1) is 10.9. The number of rotatable bonds is 2. The summed E-state index contributed by atoms with van der Waals surface area (Å²) in [5.41, 5.74) is 1.44. The fraction of sp³-hybridized carbons (Fsp3) is 0.200. The van der Waals surface area contributed by atoms with E-state index in [0.29, 0.717) is 15.9 Å². The predicted octanol–water partition coefficient (Wildman–Crippen LogP) is 1.11. The Bertz CT molecular complexity index is 556. The Morgan fingerprint density at radius 2 is 2.25 bits per heavy atom. The number of aromatic nitrogens is 2. The van der Waals surface area contributed by atoms with E-state index in [1.165, 1.54) is 10.6 Å². The molecule has 0 amide bonds. The van der Waals surface area contributed by atoms with Crippen LogP contribution in [-0.4, -0.2) is 15.7 Å². The Morgan fingerprint density at radius 1 is 1.56 bits per heavy atom. The first-order valence-electron chi connectivity index (χ1n) is 4.51. The van der Waals surface area contributed by atoms with Crippen molar-refractivity contribution in [3.8, 4) is 11.5 Å². The smallest absolute Gasteiger partial charge is 0.184 e. The number of hydrogen-bond acceptors (Lipinski definition) is 4. The Hall–Kier alpha value is -1.56. The Labute approximate surface area is 99.8 Å². The van der Waals surface area contributed by atoms with Gasteiger partial charge in [-0.1, -0.05) is 5.16 Å². The Morgan fingerprint density at radius 3 is 2.69 bits per heavy atom. The summed E-state index contributed by atoms with van der Waals surface area (Å²) in [6, 6.07) is 3.21. The number of halogens is 1. The number of hydrogen-bond donors (Lipinski definition) is 0. The summed E-state index contributed by atoms with van der Waals surface area (Å²) in [4.78, 5) is 10.8. The molecule has 2 aromatic rings. The molecule has 0 atom stereocenters. The maximum atomic E-state index is 10.8. The topological polar surface area (TPSA) is 71.1 Å². The first-order chi connectivity index (χ1) is 7.50. The zero-order valence-corrected chi connectivity index (χ0v) is 10.2. The molecule has 0 spiro atoms. The molecule has 2 rings (SSSR count). The highest BCUT2D eigenvalue weighted by atomic mass is 79.9. The average Bonchev–Trinajstić information content (AvgIpc) is 2.71. The second-order valence-corrected chi connectivity index (χ2v) is 4.26. The van der Waals surface area contributed by atoms with Crippen molar-refractivity contribution >= 4 is 21.9 Å². The van der Waals surface area contributed by atoms with Crippen molar-refractivity contribution in [2.75, 3.05) is 0 Å². The van der Waals surface area contributed by atoms with Gasteiger partial charge < -0.3 is 19.0 Å². The molecule has 0 bridgehead atoms. The van der Waals surface area contributed by atoms with Crippen LogP contribution >= 0.6 is 15.9 Å². The van der Waals surface area contributed by atoms with E-state index in [2.05, 4.69) is 21.1 Å². The molecule has 0 saturated heterocycles. The largest absolute Gasteiger partial charge is 0.543 e. The van der Waals surface area contributed by atoms with Gasteiger partial charge in [-0.15, -0.1) is 0 Å². The number of aryl methyl sites for hydroxylation is 1. The van der Waals surface area contributed by atoms with Crippen LogP contribution in [0.25, 0.3) is 11.5 Å². The lowest BCUT2D eigenvalue weighted by Crippen LogP contribution is -2.24. The quantitative estimate of drug-likeness (QED) is 0.828. The minimum absolute atomic E-state index is 0.0796. The van der Waals surface area contributed by atoms with Crippen LogP contribution in [0.4, 0.5) is 0 Å². The summed E-state index contributed by atoms with van der Waals surface area (Å²) in [7, 11) is 1.63. The van der Waals surface area contributed by atoms with Gasteiger partial charge in [0.15, 0.2) is 5.76 Å². The average molecular weight is 284 g/mol. The molecule has 0 aromatic carbocycles. The SMILES string of the molecule is Cc1cc(-c2c(Br)cc(C(=O)[O-])n2C)on1. The van der Waals surface area contributed by atoms with Gasteiger partial charge in [0.2, 0.25) is 0 Å². The van der Waals surface area contributed by atoms with E-state index in [9.17, 15) is 9.90 Å². The highest BCUT2D eigenvalue weighted by Crippen LogP contribution is 2.31. The fourth-order valence-corrected chi connectivity index (χ4v) is 2.20. The monoisotopic (exact) mass is 283 g/mol. The van der Waals surface area contributed by atoms with Crippen molar-refractivity contribution in [1.82, 2.24) is 9.72 Å². The summed E-state index contributed by atoms with van der Waals surface area (Å²) in [5.74, 6) is -0.718. The third-order valence-electron chi connectivity index (χ3n) is 2.26. The van der Waals surface area contributed by atoms with Crippen molar-refractivity contribution in [3.63, 3.8) is 0 Å². The molecule has 0 unspecified atom stereocenters. The molecule has 0 fully saturated rings. The molecule has 0 N–H and O–H groups in total. The molecule has 6 heteroatoms. The number of carbonyl (C=O) groups excluding carboxylic acids is 1. The third-order valence-corrected chi connectivity index (χ3v) is 2.86. The summed E-state index contributed by atoms with van der Waals surface area (Å²) >= 11 is 3.28. The molecule has 2 heterocycles. The summed E-state index contributed by atoms with van der Waals surface area (Å²) < 4.78 is 7.21. The predicted molar refractivity (Wildman–Crippen MR) is 57.7 cm³/mol. The van der Waals surface area contributed by atoms with Crippen molar-refractivity contribution in [2.45, 2.75) is 6.92 Å². The van der Waals surface area contributed by atoms with Crippen LogP contribution in [0.15, 0.2) is 21.1 Å². The molecule has 0 aliphatic heterocycles. The van der Waals surface area contributed by atoms with Gasteiger partial charge in [0.05, 0.1) is 17.4 Å². The number of nitrogens with zero attached hydrogens (tertiary/aromatic N) is 2. The van der Waals surface area contributed by atoms with E-state index in [4.69, 9.17) is 4.52 Å². The van der Waals surface area contributed by atoms with Crippen LogP contribution in [0, 0.1) is 6.92 Å². The van der Waals surface area contributed by atoms with E-state index in [-0.39, 0.29) is 5.69 Å². The van der Waals surface area contributed by atoms with Crippen molar-refractivity contribution in [3.05, 3.63) is 28.0 Å². The zero-order valence-electron chi connectivity index (χ0n) is 8.65. The minimum atomic E-state index is -1.23. The Balaban J connectivity index is 2.61. The van der Waals surface area contributed by atoms with Gasteiger partial charge in [0.25, 0.3) is 0 Å². The summed E-state index contributed by atoms with van der Waals surface area (Å²) in [5, 5.41) is 14.6. The maximum absolute atomic E-state index is 10.8. The van der Waals surface area contributed by atoms with E-state index < -0.39 is 5.97 Å². The first-order valence-corrected chi connectivity index (χ1v) is 5.30. The molecular formula is C10H8BrN2O3-. The molecule has 0 aliphatic carbocycles. The standard InChI is InChI=1S/C10H9BrN2O3/c1-5-3-8(16-12-5)9-6(11)4-7(10(14)15)13(9)2/h3-4H,1-2H3,(H,14,15)/p-1. The van der Waals surface area contributed by atoms with E-state index >= 15 is 0 Å². The van der Waals surface area contributed by atoms with E-state index in [0.717, 1.165) is 5.69 Å².